The fourth-order valence-electron chi connectivity index (χ4n) is 2.10. The predicted octanol–water partition coefficient (Wildman–Crippen LogP) is 5.03. The van der Waals surface area contributed by atoms with E-state index in [4.69, 9.17) is 0 Å². The first-order chi connectivity index (χ1) is 11.3. The van der Waals surface area contributed by atoms with Crippen LogP contribution in [0.4, 0.5) is 18.9 Å². The minimum Gasteiger partial charge on any atom is -0.324 e. The van der Waals surface area contributed by atoms with Gasteiger partial charge in [0.15, 0.2) is 5.78 Å². The maximum Gasteiger partial charge on any atom is 0.419 e. The second kappa shape index (κ2) is 7.48. The average Bonchev–Trinajstić information content (AvgIpc) is 2.55. The molecule has 2 rings (SSSR count). The highest BCUT2D eigenvalue weighted by Gasteiger charge is 2.39. The SMILES string of the molecule is O=C(CBr)Nc1c(Br)ccc(C(=O)c2ccccc2)c1C(F)(F)F. The van der Waals surface area contributed by atoms with Crippen LogP contribution < -0.4 is 5.32 Å². The van der Waals surface area contributed by atoms with Gasteiger partial charge in [0, 0.05) is 15.6 Å². The molecule has 0 saturated heterocycles. The lowest BCUT2D eigenvalue weighted by Crippen LogP contribution is -2.21. The molecule has 126 valence electrons. The van der Waals surface area contributed by atoms with Crippen LogP contribution in [0.5, 0.6) is 0 Å². The van der Waals surface area contributed by atoms with Gasteiger partial charge in [0.2, 0.25) is 5.91 Å². The standard InChI is InChI=1S/C16H10Br2F3NO2/c17-8-12(23)22-14-11(18)7-6-10(13(14)16(19,20)21)15(24)9-4-2-1-3-5-9/h1-7H,8H2,(H,22,23). The molecule has 0 saturated carbocycles. The van der Waals surface area contributed by atoms with Crippen molar-refractivity contribution in [1.29, 1.82) is 0 Å². The quantitative estimate of drug-likeness (QED) is 0.509. The Morgan fingerprint density at radius 3 is 2.21 bits per heavy atom. The van der Waals surface area contributed by atoms with Crippen LogP contribution in [0.1, 0.15) is 21.5 Å². The summed E-state index contributed by atoms with van der Waals surface area (Å²) in [5.74, 6) is -1.43. The van der Waals surface area contributed by atoms with E-state index >= 15 is 0 Å². The molecule has 0 aromatic heterocycles. The first kappa shape index (κ1) is 18.7. The van der Waals surface area contributed by atoms with Gasteiger partial charge in [0.05, 0.1) is 16.6 Å². The van der Waals surface area contributed by atoms with Crippen LogP contribution in [0, 0.1) is 0 Å². The molecule has 0 aliphatic carbocycles. The largest absolute Gasteiger partial charge is 0.419 e. The number of benzene rings is 2. The third kappa shape index (κ3) is 4.05. The van der Waals surface area contributed by atoms with Crippen molar-refractivity contribution in [3.05, 3.63) is 63.6 Å². The Hall–Kier alpha value is -1.67. The van der Waals surface area contributed by atoms with Gasteiger partial charge in [-0.15, -0.1) is 0 Å². The molecule has 1 N–H and O–H groups in total. The molecule has 3 nitrogen and oxygen atoms in total. The zero-order valence-corrected chi connectivity index (χ0v) is 15.1. The first-order valence-electron chi connectivity index (χ1n) is 6.61. The van der Waals surface area contributed by atoms with Gasteiger partial charge in [-0.05, 0) is 28.1 Å². The number of carbonyl (C=O) groups excluding carboxylic acids is 2. The lowest BCUT2D eigenvalue weighted by atomic mass is 9.96. The lowest BCUT2D eigenvalue weighted by Gasteiger charge is -2.18. The molecule has 0 bridgehead atoms. The summed E-state index contributed by atoms with van der Waals surface area (Å²) in [6.07, 6.45) is -4.82. The molecule has 0 atom stereocenters. The number of halogens is 5. The highest BCUT2D eigenvalue weighted by Crippen LogP contribution is 2.42. The first-order valence-corrected chi connectivity index (χ1v) is 8.52. The van der Waals surface area contributed by atoms with Gasteiger partial charge in [-0.1, -0.05) is 46.3 Å². The minimum absolute atomic E-state index is 0.0359. The maximum atomic E-state index is 13.6. The van der Waals surface area contributed by atoms with Crippen molar-refractivity contribution in [2.45, 2.75) is 6.18 Å². The third-order valence-corrected chi connectivity index (χ3v) is 4.27. The maximum absolute atomic E-state index is 13.6. The number of nitrogens with one attached hydrogen (secondary N) is 1. The van der Waals surface area contributed by atoms with Gasteiger partial charge in [0.1, 0.15) is 0 Å². The van der Waals surface area contributed by atoms with Crippen LogP contribution in [0.3, 0.4) is 0 Å². The number of carbonyl (C=O) groups is 2. The summed E-state index contributed by atoms with van der Waals surface area (Å²) in [5, 5.41) is 2.00. The summed E-state index contributed by atoms with van der Waals surface area (Å²) in [7, 11) is 0. The van der Waals surface area contributed by atoms with Crippen LogP contribution in [0.15, 0.2) is 46.9 Å². The van der Waals surface area contributed by atoms with Crippen LogP contribution >= 0.6 is 31.9 Å². The van der Waals surface area contributed by atoms with Crippen molar-refractivity contribution in [3.63, 3.8) is 0 Å². The van der Waals surface area contributed by atoms with Crippen molar-refractivity contribution >= 4 is 49.2 Å². The van der Waals surface area contributed by atoms with Crippen molar-refractivity contribution in [2.75, 3.05) is 10.6 Å². The van der Waals surface area contributed by atoms with Crippen molar-refractivity contribution < 1.29 is 22.8 Å². The average molecular weight is 465 g/mol. The number of ketones is 1. The van der Waals surface area contributed by atoms with E-state index in [0.717, 1.165) is 6.07 Å². The minimum atomic E-state index is -4.82. The predicted molar refractivity (Wildman–Crippen MR) is 91.4 cm³/mol. The van der Waals surface area contributed by atoms with Gasteiger partial charge in [-0.25, -0.2) is 0 Å². The Labute approximate surface area is 152 Å². The summed E-state index contributed by atoms with van der Waals surface area (Å²) in [4.78, 5) is 24.0. The van der Waals surface area contributed by atoms with E-state index in [1.165, 1.54) is 18.2 Å². The van der Waals surface area contributed by atoms with Gasteiger partial charge in [-0.3, -0.25) is 9.59 Å². The molecule has 2 aromatic rings. The summed E-state index contributed by atoms with van der Waals surface area (Å²) >= 11 is 5.88. The van der Waals surface area contributed by atoms with Crippen molar-refractivity contribution in [3.8, 4) is 0 Å². The van der Waals surface area contributed by atoms with Gasteiger partial charge in [0.25, 0.3) is 0 Å². The number of rotatable bonds is 4. The summed E-state index contributed by atoms with van der Waals surface area (Å²) in [5.41, 5.74) is -2.06. The monoisotopic (exact) mass is 463 g/mol. The van der Waals surface area contributed by atoms with Gasteiger partial charge >= 0.3 is 6.18 Å². The topological polar surface area (TPSA) is 46.2 Å². The zero-order valence-electron chi connectivity index (χ0n) is 12.0. The van der Waals surface area contributed by atoms with Crippen molar-refractivity contribution in [2.24, 2.45) is 0 Å². The molecule has 1 amide bonds. The van der Waals surface area contributed by atoms with Crippen LogP contribution in [-0.2, 0) is 11.0 Å². The fraction of sp³-hybridized carbons (Fsp3) is 0.125. The Morgan fingerprint density at radius 2 is 1.67 bits per heavy atom. The molecule has 0 spiro atoms. The molecule has 24 heavy (non-hydrogen) atoms. The van der Waals surface area contributed by atoms with Gasteiger partial charge < -0.3 is 5.32 Å². The molecular formula is C16H10Br2F3NO2. The molecule has 0 fully saturated rings. The Balaban J connectivity index is 2.66. The van der Waals surface area contributed by atoms with E-state index in [9.17, 15) is 22.8 Å². The molecule has 0 heterocycles. The molecule has 0 aliphatic rings. The zero-order chi connectivity index (χ0) is 17.9. The molecule has 0 aliphatic heterocycles. The Bertz CT molecular complexity index is 777. The van der Waals surface area contributed by atoms with Gasteiger partial charge in [-0.2, -0.15) is 13.2 Å². The molecule has 0 radical (unpaired) electrons. The smallest absolute Gasteiger partial charge is 0.324 e. The van der Waals surface area contributed by atoms with E-state index in [0.29, 0.717) is 0 Å². The normalized spacial score (nSPS) is 11.2. The Kier molecular flexibility index (Phi) is 5.82. The highest BCUT2D eigenvalue weighted by atomic mass is 79.9. The van der Waals surface area contributed by atoms with Crippen molar-refractivity contribution in [1.82, 2.24) is 0 Å². The second-order valence-electron chi connectivity index (χ2n) is 4.72. The van der Waals surface area contributed by atoms with Crippen LogP contribution in [0.25, 0.3) is 0 Å². The molecule has 2 aromatic carbocycles. The molecule has 0 unspecified atom stereocenters. The summed E-state index contributed by atoms with van der Waals surface area (Å²) in [6, 6.07) is 10.0. The number of hydrogen-bond donors (Lipinski definition) is 1. The van der Waals surface area contributed by atoms with E-state index in [1.54, 1.807) is 18.2 Å². The highest BCUT2D eigenvalue weighted by molar-refractivity contribution is 9.10. The van der Waals surface area contributed by atoms with Crippen LogP contribution in [0.2, 0.25) is 0 Å². The number of amides is 1. The van der Waals surface area contributed by atoms with E-state index < -0.39 is 34.7 Å². The fourth-order valence-corrected chi connectivity index (χ4v) is 2.67. The summed E-state index contributed by atoms with van der Waals surface area (Å²) in [6.45, 7) is 0. The molecule has 8 heteroatoms. The second-order valence-corrected chi connectivity index (χ2v) is 6.13. The summed E-state index contributed by atoms with van der Waals surface area (Å²) < 4.78 is 40.8. The number of hydrogen-bond acceptors (Lipinski definition) is 2. The van der Waals surface area contributed by atoms with E-state index in [1.807, 2.05) is 0 Å². The molecular weight excluding hydrogens is 455 g/mol. The van der Waals surface area contributed by atoms with E-state index in [-0.39, 0.29) is 15.4 Å². The van der Waals surface area contributed by atoms with E-state index in [2.05, 4.69) is 37.2 Å². The van der Waals surface area contributed by atoms with Crippen LogP contribution in [-0.4, -0.2) is 17.0 Å². The number of alkyl halides is 4. The Morgan fingerprint density at radius 1 is 1.04 bits per heavy atom. The third-order valence-electron chi connectivity index (χ3n) is 3.10. The lowest BCUT2D eigenvalue weighted by molar-refractivity contribution is -0.137. The number of anilines is 1.